The molecule has 0 aliphatic carbocycles. The minimum absolute atomic E-state index is 0.0392. The molecule has 2 aromatic rings. The van der Waals surface area contributed by atoms with Crippen molar-refractivity contribution in [1.82, 2.24) is 0 Å². The lowest BCUT2D eigenvalue weighted by Crippen LogP contribution is -2.14. The first-order valence-electron chi connectivity index (χ1n) is 6.73. The number of benzene rings is 2. The molecule has 116 valence electrons. The van der Waals surface area contributed by atoms with Crippen LogP contribution in [0.2, 0.25) is 0 Å². The highest BCUT2D eigenvalue weighted by Gasteiger charge is 2.09. The number of carbonyl (C=O) groups excluding carboxylic acids is 1. The second kappa shape index (κ2) is 7.92. The monoisotopic (exact) mass is 325 g/mol. The molecule has 6 heteroatoms. The fourth-order valence-electron chi connectivity index (χ4n) is 1.80. The van der Waals surface area contributed by atoms with E-state index in [0.29, 0.717) is 5.69 Å². The summed E-state index contributed by atoms with van der Waals surface area (Å²) < 4.78 is 0. The molecule has 3 N–H and O–H groups in total. The summed E-state index contributed by atoms with van der Waals surface area (Å²) >= 11 is 1.60. The van der Waals surface area contributed by atoms with E-state index in [1.54, 1.807) is 23.9 Å². The number of anilines is 2. The predicted octanol–water partition coefficient (Wildman–Crippen LogP) is 3.57. The van der Waals surface area contributed by atoms with Crippen LogP contribution in [-0.2, 0) is 4.79 Å². The van der Waals surface area contributed by atoms with Gasteiger partial charge in [0.25, 0.3) is 5.91 Å². The van der Waals surface area contributed by atoms with E-state index in [-0.39, 0.29) is 11.3 Å². The Hall–Kier alpha value is -2.91. The van der Waals surface area contributed by atoms with Crippen LogP contribution >= 0.6 is 11.8 Å². The third-order valence-corrected chi connectivity index (χ3v) is 3.65. The lowest BCUT2D eigenvalue weighted by Gasteiger charge is -2.06. The predicted molar refractivity (Wildman–Crippen MR) is 92.3 cm³/mol. The highest BCUT2D eigenvalue weighted by atomic mass is 32.2. The molecule has 0 radical (unpaired) electrons. The molecular formula is C17H15N3O2S. The number of hydrogen-bond acceptors (Lipinski definition) is 5. The van der Waals surface area contributed by atoms with E-state index in [0.717, 1.165) is 10.6 Å². The van der Waals surface area contributed by atoms with Crippen molar-refractivity contribution in [2.24, 2.45) is 0 Å². The maximum Gasteiger partial charge on any atom is 0.267 e. The normalized spacial score (nSPS) is 10.7. The Morgan fingerprint density at radius 2 is 1.96 bits per heavy atom. The maximum atomic E-state index is 12.1. The van der Waals surface area contributed by atoms with Gasteiger partial charge in [-0.05, 0) is 36.6 Å². The van der Waals surface area contributed by atoms with Crippen molar-refractivity contribution in [3.8, 4) is 11.8 Å². The summed E-state index contributed by atoms with van der Waals surface area (Å²) in [6, 6.07) is 15.6. The Bertz CT molecular complexity index is 781. The number of amides is 1. The van der Waals surface area contributed by atoms with E-state index >= 15 is 0 Å². The van der Waals surface area contributed by atoms with Gasteiger partial charge in [0.05, 0.1) is 0 Å². The van der Waals surface area contributed by atoms with Crippen LogP contribution in [-0.4, -0.2) is 17.3 Å². The van der Waals surface area contributed by atoms with Gasteiger partial charge in [0.2, 0.25) is 0 Å². The van der Waals surface area contributed by atoms with Gasteiger partial charge in [-0.1, -0.05) is 12.1 Å². The van der Waals surface area contributed by atoms with Crippen molar-refractivity contribution in [2.75, 3.05) is 16.9 Å². The van der Waals surface area contributed by atoms with Crippen molar-refractivity contribution >= 4 is 29.0 Å². The summed E-state index contributed by atoms with van der Waals surface area (Å²) in [5.74, 6) is -0.510. The number of nitrogens with zero attached hydrogens (tertiary/aromatic N) is 1. The molecule has 0 aliphatic heterocycles. The molecule has 1 amide bonds. The van der Waals surface area contributed by atoms with E-state index in [1.807, 2.05) is 36.6 Å². The molecule has 0 saturated carbocycles. The number of hydrogen-bond donors (Lipinski definition) is 3. The summed E-state index contributed by atoms with van der Waals surface area (Å²) in [7, 11) is 0. The van der Waals surface area contributed by atoms with Gasteiger partial charge in [-0.25, -0.2) is 0 Å². The second-order valence-electron chi connectivity index (χ2n) is 4.55. The zero-order valence-electron chi connectivity index (χ0n) is 12.4. The molecular weight excluding hydrogens is 310 g/mol. The fraction of sp³-hybridized carbons (Fsp3) is 0.0588. The maximum absolute atomic E-state index is 12.1. The Balaban J connectivity index is 2.09. The average molecular weight is 325 g/mol. The number of nitriles is 1. The molecule has 0 aliphatic rings. The zero-order valence-corrected chi connectivity index (χ0v) is 13.2. The van der Waals surface area contributed by atoms with Crippen LogP contribution < -0.4 is 10.6 Å². The average Bonchev–Trinajstić information content (AvgIpc) is 2.55. The molecule has 0 aromatic heterocycles. The number of carbonyl (C=O) groups is 1. The fourth-order valence-corrected chi connectivity index (χ4v) is 2.26. The number of aromatic hydroxyl groups is 1. The summed E-state index contributed by atoms with van der Waals surface area (Å²) in [5.41, 5.74) is 1.14. The molecule has 0 unspecified atom stereocenters. The smallest absolute Gasteiger partial charge is 0.267 e. The highest BCUT2D eigenvalue weighted by molar-refractivity contribution is 7.98. The molecule has 0 heterocycles. The highest BCUT2D eigenvalue weighted by Crippen LogP contribution is 2.19. The quantitative estimate of drug-likeness (QED) is 0.444. The summed E-state index contributed by atoms with van der Waals surface area (Å²) in [4.78, 5) is 13.1. The van der Waals surface area contributed by atoms with Crippen molar-refractivity contribution in [2.45, 2.75) is 4.90 Å². The topological polar surface area (TPSA) is 85.2 Å². The van der Waals surface area contributed by atoms with Gasteiger partial charge in [-0.15, -0.1) is 11.8 Å². The standard InChI is InChI=1S/C17H15N3O2S/c1-23-16-7-3-4-13(9-16)19-11-12(10-18)17(22)20-14-5-2-6-15(21)8-14/h2-9,11,19,21H,1H3,(H,20,22)/b12-11-. The zero-order chi connectivity index (χ0) is 16.7. The molecule has 23 heavy (non-hydrogen) atoms. The third kappa shape index (κ3) is 4.80. The SMILES string of the molecule is CSc1cccc(N/C=C(/C#N)C(=O)Nc2cccc(O)c2)c1. The third-order valence-electron chi connectivity index (χ3n) is 2.92. The first-order valence-corrected chi connectivity index (χ1v) is 7.96. The molecule has 5 nitrogen and oxygen atoms in total. The first-order chi connectivity index (χ1) is 11.1. The van der Waals surface area contributed by atoms with Crippen molar-refractivity contribution in [1.29, 1.82) is 5.26 Å². The van der Waals surface area contributed by atoms with Crippen LogP contribution in [0.15, 0.2) is 65.2 Å². The molecule has 2 aromatic carbocycles. The van der Waals surface area contributed by atoms with Crippen molar-refractivity contribution < 1.29 is 9.90 Å². The number of phenolic OH excluding ortho intramolecular Hbond substituents is 1. The van der Waals surface area contributed by atoms with Gasteiger partial charge in [-0.3, -0.25) is 4.79 Å². The van der Waals surface area contributed by atoms with Gasteiger partial charge in [-0.2, -0.15) is 5.26 Å². The van der Waals surface area contributed by atoms with Crippen LogP contribution in [0, 0.1) is 11.3 Å². The Labute approximate surface area is 138 Å². The van der Waals surface area contributed by atoms with E-state index in [9.17, 15) is 9.90 Å². The van der Waals surface area contributed by atoms with Gasteiger partial charge in [0.1, 0.15) is 17.4 Å². The number of thioether (sulfide) groups is 1. The minimum Gasteiger partial charge on any atom is -0.508 e. The Morgan fingerprint density at radius 1 is 1.22 bits per heavy atom. The van der Waals surface area contributed by atoms with Gasteiger partial charge >= 0.3 is 0 Å². The lowest BCUT2D eigenvalue weighted by atomic mass is 10.2. The Morgan fingerprint density at radius 3 is 2.65 bits per heavy atom. The van der Waals surface area contributed by atoms with Crippen LogP contribution in [0.3, 0.4) is 0 Å². The van der Waals surface area contributed by atoms with Crippen LogP contribution in [0.25, 0.3) is 0 Å². The molecule has 2 rings (SSSR count). The van der Waals surface area contributed by atoms with E-state index in [1.165, 1.54) is 18.3 Å². The molecule has 0 spiro atoms. The largest absolute Gasteiger partial charge is 0.508 e. The van der Waals surface area contributed by atoms with Crippen LogP contribution in [0.1, 0.15) is 0 Å². The summed E-state index contributed by atoms with van der Waals surface area (Å²) in [5, 5.41) is 24.0. The van der Waals surface area contributed by atoms with Gasteiger partial charge in [0, 0.05) is 28.5 Å². The molecule has 0 saturated heterocycles. The number of rotatable bonds is 5. The van der Waals surface area contributed by atoms with Crippen molar-refractivity contribution in [3.05, 3.63) is 60.3 Å². The number of phenols is 1. The summed E-state index contributed by atoms with van der Waals surface area (Å²) in [6.45, 7) is 0. The van der Waals surface area contributed by atoms with E-state index < -0.39 is 5.91 Å². The second-order valence-corrected chi connectivity index (χ2v) is 5.43. The van der Waals surface area contributed by atoms with Crippen LogP contribution in [0.4, 0.5) is 11.4 Å². The molecule has 0 atom stereocenters. The van der Waals surface area contributed by atoms with Gasteiger partial charge < -0.3 is 15.7 Å². The van der Waals surface area contributed by atoms with Crippen molar-refractivity contribution in [3.63, 3.8) is 0 Å². The lowest BCUT2D eigenvalue weighted by molar-refractivity contribution is -0.112. The Kier molecular flexibility index (Phi) is 5.67. The molecule has 0 fully saturated rings. The van der Waals surface area contributed by atoms with E-state index in [4.69, 9.17) is 5.26 Å². The number of nitrogens with one attached hydrogen (secondary N) is 2. The first kappa shape index (κ1) is 16.5. The van der Waals surface area contributed by atoms with Gasteiger partial charge in [0.15, 0.2) is 0 Å². The molecule has 0 bridgehead atoms. The summed E-state index contributed by atoms with van der Waals surface area (Å²) in [6.07, 6.45) is 3.33. The minimum atomic E-state index is -0.549. The van der Waals surface area contributed by atoms with Crippen LogP contribution in [0.5, 0.6) is 5.75 Å². The van der Waals surface area contributed by atoms with E-state index in [2.05, 4.69) is 10.6 Å².